The Balaban J connectivity index is 2.66. The zero-order chi connectivity index (χ0) is 13.8. The van der Waals surface area contributed by atoms with Crippen LogP contribution in [0.3, 0.4) is 0 Å². The number of hydrogen-bond donors (Lipinski definition) is 2. The number of pyridine rings is 1. The molecule has 1 amide bonds. The second-order valence-corrected chi connectivity index (χ2v) is 5.66. The smallest absolute Gasteiger partial charge is 0.239 e. The molecule has 0 radical (unpaired) electrons. The first-order valence-corrected chi connectivity index (χ1v) is 6.18. The Bertz CT molecular complexity index is 399. The summed E-state index contributed by atoms with van der Waals surface area (Å²) >= 11 is 0. The van der Waals surface area contributed by atoms with E-state index in [9.17, 15) is 4.79 Å². The molecule has 0 aliphatic carbocycles. The Morgan fingerprint density at radius 2 is 1.94 bits per heavy atom. The Morgan fingerprint density at radius 3 is 2.44 bits per heavy atom. The molecule has 0 unspecified atom stereocenters. The lowest BCUT2D eigenvalue weighted by atomic mass is 9.88. The summed E-state index contributed by atoms with van der Waals surface area (Å²) in [7, 11) is 1.78. The van der Waals surface area contributed by atoms with E-state index < -0.39 is 5.54 Å². The van der Waals surface area contributed by atoms with E-state index in [4.69, 9.17) is 0 Å². The molecule has 1 aromatic heterocycles. The van der Waals surface area contributed by atoms with Gasteiger partial charge >= 0.3 is 0 Å². The molecule has 0 saturated heterocycles. The second kappa shape index (κ2) is 5.48. The van der Waals surface area contributed by atoms with Gasteiger partial charge in [-0.05, 0) is 33.0 Å². The molecular weight excluding hydrogens is 226 g/mol. The highest BCUT2D eigenvalue weighted by molar-refractivity contribution is 5.85. The number of nitrogens with one attached hydrogen (secondary N) is 2. The third kappa shape index (κ3) is 3.53. The maximum atomic E-state index is 12.0. The minimum atomic E-state index is -0.555. The van der Waals surface area contributed by atoms with Gasteiger partial charge in [0.05, 0.1) is 5.54 Å². The molecule has 1 rings (SSSR count). The minimum absolute atomic E-state index is 0.00555. The lowest BCUT2D eigenvalue weighted by Crippen LogP contribution is -2.53. The van der Waals surface area contributed by atoms with Gasteiger partial charge in [0, 0.05) is 23.9 Å². The van der Waals surface area contributed by atoms with Gasteiger partial charge in [0.25, 0.3) is 0 Å². The van der Waals surface area contributed by atoms with Gasteiger partial charge in [0.1, 0.15) is 0 Å². The maximum Gasteiger partial charge on any atom is 0.239 e. The molecule has 1 heterocycles. The largest absolute Gasteiger partial charge is 0.354 e. The molecule has 4 nitrogen and oxygen atoms in total. The summed E-state index contributed by atoms with van der Waals surface area (Å²) in [5, 5.41) is 5.96. The fraction of sp³-hybridized carbons (Fsp3) is 0.571. The molecule has 4 heteroatoms. The Kier molecular flexibility index (Phi) is 4.46. The first-order valence-electron chi connectivity index (χ1n) is 6.18. The topological polar surface area (TPSA) is 54.0 Å². The molecule has 100 valence electrons. The Morgan fingerprint density at radius 1 is 1.28 bits per heavy atom. The number of hydrogen-bond acceptors (Lipinski definition) is 3. The zero-order valence-corrected chi connectivity index (χ0v) is 11.9. The van der Waals surface area contributed by atoms with Crippen molar-refractivity contribution in [1.29, 1.82) is 0 Å². The van der Waals surface area contributed by atoms with Crippen molar-refractivity contribution in [2.45, 2.75) is 38.6 Å². The van der Waals surface area contributed by atoms with Gasteiger partial charge in [-0.1, -0.05) is 19.9 Å². The van der Waals surface area contributed by atoms with Gasteiger partial charge in [0.2, 0.25) is 5.91 Å². The predicted octanol–water partition coefficient (Wildman–Crippen LogP) is 1.47. The highest BCUT2D eigenvalue weighted by atomic mass is 16.2. The molecule has 0 saturated carbocycles. The van der Waals surface area contributed by atoms with Crippen LogP contribution in [0.15, 0.2) is 24.4 Å². The van der Waals surface area contributed by atoms with Crippen LogP contribution in [0.5, 0.6) is 0 Å². The molecule has 0 bridgehead atoms. The molecular formula is C14H23N3O. The first kappa shape index (κ1) is 14.6. The molecule has 0 aromatic carbocycles. The summed E-state index contributed by atoms with van der Waals surface area (Å²) in [6.07, 6.45) is 1.77. The summed E-state index contributed by atoms with van der Waals surface area (Å²) in [6, 6.07) is 5.83. The Labute approximate surface area is 109 Å². The number of rotatable bonds is 5. The highest BCUT2D eigenvalue weighted by Crippen LogP contribution is 2.19. The van der Waals surface area contributed by atoms with Crippen LogP contribution in [-0.4, -0.2) is 30.0 Å². The van der Waals surface area contributed by atoms with Crippen molar-refractivity contribution >= 4 is 5.91 Å². The van der Waals surface area contributed by atoms with Crippen molar-refractivity contribution in [2.75, 3.05) is 13.6 Å². The molecule has 0 atom stereocenters. The van der Waals surface area contributed by atoms with E-state index in [1.54, 1.807) is 13.2 Å². The lowest BCUT2D eigenvalue weighted by Gasteiger charge is -2.28. The fourth-order valence-corrected chi connectivity index (χ4v) is 1.49. The van der Waals surface area contributed by atoms with E-state index in [1.165, 1.54) is 0 Å². The van der Waals surface area contributed by atoms with Crippen LogP contribution in [0.1, 0.15) is 33.4 Å². The SMILES string of the molecule is CNC(C)(C)C(=O)NCC(C)(C)c1ccccn1. The summed E-state index contributed by atoms with van der Waals surface area (Å²) in [5.41, 5.74) is 0.244. The third-order valence-corrected chi connectivity index (χ3v) is 3.24. The molecule has 2 N–H and O–H groups in total. The van der Waals surface area contributed by atoms with Gasteiger partial charge in [-0.15, -0.1) is 0 Å². The number of aromatic nitrogens is 1. The number of carbonyl (C=O) groups is 1. The maximum absolute atomic E-state index is 12.0. The van der Waals surface area contributed by atoms with Gasteiger partial charge in [-0.25, -0.2) is 0 Å². The zero-order valence-electron chi connectivity index (χ0n) is 11.9. The second-order valence-electron chi connectivity index (χ2n) is 5.66. The van der Waals surface area contributed by atoms with Crippen molar-refractivity contribution in [3.8, 4) is 0 Å². The van der Waals surface area contributed by atoms with Gasteiger partial charge in [0.15, 0.2) is 0 Å². The van der Waals surface area contributed by atoms with E-state index >= 15 is 0 Å². The summed E-state index contributed by atoms with van der Waals surface area (Å²) in [5.74, 6) is -0.00555. The molecule has 18 heavy (non-hydrogen) atoms. The van der Waals surface area contributed by atoms with Gasteiger partial charge in [-0.3, -0.25) is 9.78 Å². The molecule has 0 spiro atoms. The monoisotopic (exact) mass is 249 g/mol. The van der Waals surface area contributed by atoms with E-state index in [0.29, 0.717) is 6.54 Å². The Hall–Kier alpha value is -1.42. The molecule has 0 fully saturated rings. The van der Waals surface area contributed by atoms with Gasteiger partial charge < -0.3 is 10.6 Å². The summed E-state index contributed by atoms with van der Waals surface area (Å²) in [6.45, 7) is 8.42. The van der Waals surface area contributed by atoms with Crippen molar-refractivity contribution < 1.29 is 4.79 Å². The van der Waals surface area contributed by atoms with Crippen LogP contribution >= 0.6 is 0 Å². The predicted molar refractivity (Wildman–Crippen MR) is 73.4 cm³/mol. The lowest BCUT2D eigenvalue weighted by molar-refractivity contribution is -0.126. The van der Waals surface area contributed by atoms with E-state index in [0.717, 1.165) is 5.69 Å². The number of amides is 1. The minimum Gasteiger partial charge on any atom is -0.354 e. The van der Waals surface area contributed by atoms with E-state index in [2.05, 4.69) is 29.5 Å². The first-order chi connectivity index (χ1) is 8.29. The van der Waals surface area contributed by atoms with Crippen LogP contribution in [0.2, 0.25) is 0 Å². The third-order valence-electron chi connectivity index (χ3n) is 3.24. The van der Waals surface area contributed by atoms with E-state index in [-0.39, 0.29) is 11.3 Å². The van der Waals surface area contributed by atoms with E-state index in [1.807, 2.05) is 32.0 Å². The van der Waals surface area contributed by atoms with Crippen molar-refractivity contribution in [3.05, 3.63) is 30.1 Å². The fourth-order valence-electron chi connectivity index (χ4n) is 1.49. The summed E-state index contributed by atoms with van der Waals surface area (Å²) in [4.78, 5) is 16.3. The average molecular weight is 249 g/mol. The normalized spacial score (nSPS) is 12.3. The molecule has 0 aliphatic heterocycles. The van der Waals surface area contributed by atoms with Crippen LogP contribution < -0.4 is 10.6 Å². The van der Waals surface area contributed by atoms with Gasteiger partial charge in [-0.2, -0.15) is 0 Å². The van der Waals surface area contributed by atoms with Crippen molar-refractivity contribution in [2.24, 2.45) is 0 Å². The molecule has 0 aliphatic rings. The van der Waals surface area contributed by atoms with Crippen LogP contribution in [0.4, 0.5) is 0 Å². The van der Waals surface area contributed by atoms with Crippen molar-refractivity contribution in [3.63, 3.8) is 0 Å². The number of likely N-dealkylation sites (N-methyl/N-ethyl adjacent to an activating group) is 1. The number of carbonyl (C=O) groups excluding carboxylic acids is 1. The quantitative estimate of drug-likeness (QED) is 0.831. The standard InChI is InChI=1S/C14H23N3O/c1-13(2,11-8-6-7-9-16-11)10-17-12(18)14(3,4)15-5/h6-9,15H,10H2,1-5H3,(H,17,18). The number of nitrogens with zero attached hydrogens (tertiary/aromatic N) is 1. The highest BCUT2D eigenvalue weighted by Gasteiger charge is 2.28. The van der Waals surface area contributed by atoms with Crippen LogP contribution in [0.25, 0.3) is 0 Å². The van der Waals surface area contributed by atoms with Crippen molar-refractivity contribution in [1.82, 2.24) is 15.6 Å². The van der Waals surface area contributed by atoms with Crippen LogP contribution in [-0.2, 0) is 10.2 Å². The van der Waals surface area contributed by atoms with Crippen LogP contribution in [0, 0.1) is 0 Å². The average Bonchev–Trinajstić information content (AvgIpc) is 2.37. The summed E-state index contributed by atoms with van der Waals surface area (Å²) < 4.78 is 0. The molecule has 1 aromatic rings.